The molecule has 5 heteroatoms. The fraction of sp³-hybridized carbons (Fsp3) is 0.778. The zero-order chi connectivity index (χ0) is 11.1. The van der Waals surface area contributed by atoms with Crippen LogP contribution < -0.4 is 11.1 Å². The Labute approximate surface area is 95.2 Å². The first-order valence-corrected chi connectivity index (χ1v) is 6.36. The highest BCUT2D eigenvalue weighted by atomic mass is 32.2. The van der Waals surface area contributed by atoms with E-state index in [2.05, 4.69) is 5.32 Å². The molecular weight excluding hydrogens is 216 g/mol. The summed E-state index contributed by atoms with van der Waals surface area (Å²) in [5.74, 6) is 1.09. The summed E-state index contributed by atoms with van der Waals surface area (Å²) in [6.07, 6.45) is 2.49. The molecule has 0 radical (unpaired) electrons. The zero-order valence-electron chi connectivity index (χ0n) is 8.87. The maximum Gasteiger partial charge on any atom is 0.221 e. The number of carbonyl (C=O) groups is 1. The van der Waals surface area contributed by atoms with E-state index in [4.69, 9.17) is 18.0 Å². The number of hydrogen-bond donors (Lipinski definition) is 2. The number of nitrogens with one attached hydrogen (secondary N) is 1. The Morgan fingerprint density at radius 3 is 2.50 bits per heavy atom. The first kappa shape index (κ1) is 13.7. The van der Waals surface area contributed by atoms with E-state index >= 15 is 0 Å². The molecule has 0 aliphatic heterocycles. The molecule has 0 aliphatic carbocycles. The predicted octanol–water partition coefficient (Wildman–Crippen LogP) is 1.17. The third-order valence-electron chi connectivity index (χ3n) is 1.82. The van der Waals surface area contributed by atoms with Crippen molar-refractivity contribution in [1.82, 2.24) is 5.32 Å². The van der Waals surface area contributed by atoms with Gasteiger partial charge in [-0.3, -0.25) is 4.79 Å². The van der Waals surface area contributed by atoms with Gasteiger partial charge >= 0.3 is 0 Å². The van der Waals surface area contributed by atoms with Crippen molar-refractivity contribution in [2.75, 3.05) is 12.0 Å². The average molecular weight is 234 g/mol. The standard InChI is InChI=1S/C9H18N2OS2/c1-6(2)8(9(10)13)11-7(12)4-5-14-3/h6,8H,4-5H2,1-3H3,(H2,10,13)(H,11,12). The fourth-order valence-electron chi connectivity index (χ4n) is 1.01. The summed E-state index contributed by atoms with van der Waals surface area (Å²) in [6, 6.07) is -0.181. The number of rotatable bonds is 6. The van der Waals surface area contributed by atoms with Gasteiger partial charge < -0.3 is 11.1 Å². The lowest BCUT2D eigenvalue weighted by molar-refractivity contribution is -0.121. The van der Waals surface area contributed by atoms with Crippen LogP contribution in [0.15, 0.2) is 0 Å². The van der Waals surface area contributed by atoms with E-state index in [-0.39, 0.29) is 17.9 Å². The molecule has 0 aromatic carbocycles. The number of amides is 1. The minimum Gasteiger partial charge on any atom is -0.392 e. The Hall–Kier alpha value is -0.290. The molecule has 1 atom stereocenters. The molecule has 0 bridgehead atoms. The predicted molar refractivity (Wildman–Crippen MR) is 66.6 cm³/mol. The second-order valence-corrected chi connectivity index (χ2v) is 4.89. The van der Waals surface area contributed by atoms with Crippen molar-refractivity contribution in [3.8, 4) is 0 Å². The highest BCUT2D eigenvalue weighted by Crippen LogP contribution is 2.03. The molecule has 0 saturated carbocycles. The Morgan fingerprint density at radius 1 is 1.57 bits per heavy atom. The zero-order valence-corrected chi connectivity index (χ0v) is 10.5. The lowest BCUT2D eigenvalue weighted by Crippen LogP contribution is -2.46. The second kappa shape index (κ2) is 7.06. The highest BCUT2D eigenvalue weighted by molar-refractivity contribution is 7.98. The van der Waals surface area contributed by atoms with Crippen LogP contribution in [0.5, 0.6) is 0 Å². The van der Waals surface area contributed by atoms with Crippen LogP contribution >= 0.6 is 24.0 Å². The first-order chi connectivity index (χ1) is 6.49. The number of hydrogen-bond acceptors (Lipinski definition) is 3. The molecule has 82 valence electrons. The van der Waals surface area contributed by atoms with Crippen LogP contribution in [0.2, 0.25) is 0 Å². The number of thioether (sulfide) groups is 1. The van der Waals surface area contributed by atoms with Gasteiger partial charge in [0.1, 0.15) is 0 Å². The Balaban J connectivity index is 4.04. The van der Waals surface area contributed by atoms with Crippen molar-refractivity contribution in [1.29, 1.82) is 0 Å². The van der Waals surface area contributed by atoms with E-state index in [1.165, 1.54) is 0 Å². The van der Waals surface area contributed by atoms with Gasteiger partial charge in [-0.1, -0.05) is 26.1 Å². The molecule has 0 fully saturated rings. The van der Waals surface area contributed by atoms with Crippen LogP contribution in [0.25, 0.3) is 0 Å². The molecule has 0 aromatic rings. The normalized spacial score (nSPS) is 12.6. The van der Waals surface area contributed by atoms with Gasteiger partial charge in [0.15, 0.2) is 0 Å². The fourth-order valence-corrected chi connectivity index (χ4v) is 1.73. The van der Waals surface area contributed by atoms with Gasteiger partial charge in [-0.2, -0.15) is 11.8 Å². The molecule has 14 heavy (non-hydrogen) atoms. The van der Waals surface area contributed by atoms with Gasteiger partial charge in [-0.15, -0.1) is 0 Å². The molecule has 3 N–H and O–H groups in total. The van der Waals surface area contributed by atoms with Crippen molar-refractivity contribution >= 4 is 34.9 Å². The van der Waals surface area contributed by atoms with Crippen LogP contribution in [0, 0.1) is 5.92 Å². The minimum atomic E-state index is -0.181. The number of thiocarbonyl (C=S) groups is 1. The van der Waals surface area contributed by atoms with Crippen molar-refractivity contribution in [2.45, 2.75) is 26.3 Å². The summed E-state index contributed by atoms with van der Waals surface area (Å²) in [6.45, 7) is 3.97. The van der Waals surface area contributed by atoms with E-state index in [1.54, 1.807) is 11.8 Å². The third-order valence-corrected chi connectivity index (χ3v) is 2.69. The molecule has 3 nitrogen and oxygen atoms in total. The third kappa shape index (κ3) is 5.44. The van der Waals surface area contributed by atoms with Crippen LogP contribution in [0.4, 0.5) is 0 Å². The molecule has 0 spiro atoms. The number of nitrogens with two attached hydrogens (primary N) is 1. The smallest absolute Gasteiger partial charge is 0.221 e. The van der Waals surface area contributed by atoms with Gasteiger partial charge in [-0.05, 0) is 12.2 Å². The molecule has 0 aromatic heterocycles. The second-order valence-electron chi connectivity index (χ2n) is 3.43. The van der Waals surface area contributed by atoms with Crippen molar-refractivity contribution < 1.29 is 4.79 Å². The number of carbonyl (C=O) groups excluding carboxylic acids is 1. The first-order valence-electron chi connectivity index (χ1n) is 4.56. The van der Waals surface area contributed by atoms with Crippen LogP contribution in [0.3, 0.4) is 0 Å². The molecule has 1 unspecified atom stereocenters. The Morgan fingerprint density at radius 2 is 2.14 bits per heavy atom. The van der Waals surface area contributed by atoms with Crippen LogP contribution in [-0.2, 0) is 4.79 Å². The minimum absolute atomic E-state index is 0.0193. The SMILES string of the molecule is CSCCC(=O)NC(C(N)=S)C(C)C. The maximum atomic E-state index is 11.4. The van der Waals surface area contributed by atoms with E-state index < -0.39 is 0 Å². The van der Waals surface area contributed by atoms with E-state index in [0.717, 1.165) is 5.75 Å². The van der Waals surface area contributed by atoms with Gasteiger partial charge in [-0.25, -0.2) is 0 Å². The van der Waals surface area contributed by atoms with Crippen molar-refractivity contribution in [3.63, 3.8) is 0 Å². The van der Waals surface area contributed by atoms with Crippen LogP contribution in [0.1, 0.15) is 20.3 Å². The van der Waals surface area contributed by atoms with Gasteiger partial charge in [0.25, 0.3) is 0 Å². The topological polar surface area (TPSA) is 55.1 Å². The molecule has 0 heterocycles. The lowest BCUT2D eigenvalue weighted by Gasteiger charge is -2.20. The van der Waals surface area contributed by atoms with Crippen molar-refractivity contribution in [3.05, 3.63) is 0 Å². The van der Waals surface area contributed by atoms with Gasteiger partial charge in [0.2, 0.25) is 5.91 Å². The largest absolute Gasteiger partial charge is 0.392 e. The summed E-state index contributed by atoms with van der Waals surface area (Å²) < 4.78 is 0. The molecule has 0 aliphatic rings. The van der Waals surface area contributed by atoms with Crippen LogP contribution in [-0.4, -0.2) is 28.9 Å². The summed E-state index contributed by atoms with van der Waals surface area (Å²) in [5, 5.41) is 2.83. The van der Waals surface area contributed by atoms with Gasteiger partial charge in [0, 0.05) is 12.2 Å². The summed E-state index contributed by atoms with van der Waals surface area (Å²) in [5.41, 5.74) is 5.53. The summed E-state index contributed by atoms with van der Waals surface area (Å²) in [7, 11) is 0. The Bertz CT molecular complexity index is 207. The molecule has 0 saturated heterocycles. The van der Waals surface area contributed by atoms with E-state index in [0.29, 0.717) is 11.4 Å². The molecule has 0 rings (SSSR count). The molecular formula is C9H18N2OS2. The summed E-state index contributed by atoms with van der Waals surface area (Å²) >= 11 is 6.53. The lowest BCUT2D eigenvalue weighted by atomic mass is 10.0. The highest BCUT2D eigenvalue weighted by Gasteiger charge is 2.18. The average Bonchev–Trinajstić information content (AvgIpc) is 2.09. The molecule has 1 amide bonds. The Kier molecular flexibility index (Phi) is 6.92. The van der Waals surface area contributed by atoms with E-state index in [1.807, 2.05) is 20.1 Å². The van der Waals surface area contributed by atoms with E-state index in [9.17, 15) is 4.79 Å². The van der Waals surface area contributed by atoms with Gasteiger partial charge in [0.05, 0.1) is 11.0 Å². The maximum absolute atomic E-state index is 11.4. The summed E-state index contributed by atoms with van der Waals surface area (Å²) in [4.78, 5) is 11.7. The van der Waals surface area contributed by atoms with Crippen molar-refractivity contribution in [2.24, 2.45) is 11.7 Å². The monoisotopic (exact) mass is 234 g/mol. The quantitative estimate of drug-likeness (QED) is 0.677.